The molecule has 2 amide bonds. The minimum Gasteiger partial charge on any atom is -0.382 e. The molecule has 2 aliphatic heterocycles. The van der Waals surface area contributed by atoms with E-state index in [2.05, 4.69) is 10.2 Å². The maximum absolute atomic E-state index is 13.2. The van der Waals surface area contributed by atoms with Crippen LogP contribution in [0.1, 0.15) is 64.4 Å². The van der Waals surface area contributed by atoms with Gasteiger partial charge in [0.05, 0.1) is 4.92 Å². The van der Waals surface area contributed by atoms with Crippen molar-refractivity contribution < 1.29 is 27.7 Å². The first-order valence-electron chi connectivity index (χ1n) is 13.5. The zero-order valence-electron chi connectivity index (χ0n) is 21.5. The second-order valence-corrected chi connectivity index (χ2v) is 10.5. The lowest BCUT2D eigenvalue weighted by molar-refractivity contribution is -0.388. The molecule has 3 fully saturated rings. The van der Waals surface area contributed by atoms with Crippen molar-refractivity contribution in [2.24, 2.45) is 5.92 Å². The number of amides is 2. The molecule has 0 aromatic heterocycles. The number of hydrogen-bond acceptors (Lipinski definition) is 6. The van der Waals surface area contributed by atoms with Crippen molar-refractivity contribution in [3.05, 3.63) is 33.9 Å². The Balaban J connectivity index is 0.00000420. The van der Waals surface area contributed by atoms with Gasteiger partial charge in [-0.3, -0.25) is 24.6 Å². The molecule has 9 nitrogen and oxygen atoms in total. The maximum atomic E-state index is 13.2. The van der Waals surface area contributed by atoms with E-state index >= 15 is 0 Å². The first-order chi connectivity index (χ1) is 18.1. The molecule has 0 atom stereocenters. The molecule has 1 N–H and O–H groups in total. The molecule has 2 saturated heterocycles. The summed E-state index contributed by atoms with van der Waals surface area (Å²) in [5.41, 5.74) is -2.08. The molecule has 0 bridgehead atoms. The Kier molecular flexibility index (Phi) is 10.6. The second-order valence-electron chi connectivity index (χ2n) is 10.5. The number of piperazine rings is 1. The number of benzene rings is 1. The predicted octanol–water partition coefficient (Wildman–Crippen LogP) is 4.77. The van der Waals surface area contributed by atoms with Crippen LogP contribution in [-0.4, -0.2) is 83.3 Å². The lowest BCUT2D eigenvalue weighted by atomic mass is 9.88. The van der Waals surface area contributed by atoms with Gasteiger partial charge in [0, 0.05) is 75.9 Å². The van der Waals surface area contributed by atoms with Crippen LogP contribution >= 0.6 is 0 Å². The molecule has 218 valence electrons. The number of halogens is 3. The Morgan fingerprint density at radius 1 is 0.949 bits per heavy atom. The Morgan fingerprint density at radius 3 is 2.18 bits per heavy atom. The summed E-state index contributed by atoms with van der Waals surface area (Å²) in [6.45, 7) is 4.60. The fourth-order valence-corrected chi connectivity index (χ4v) is 5.73. The summed E-state index contributed by atoms with van der Waals surface area (Å²) in [7, 11) is 0. The number of nitrogens with one attached hydrogen (secondary N) is 1. The molecule has 4 rings (SSSR count). The number of nitro groups is 1. The van der Waals surface area contributed by atoms with Gasteiger partial charge in [0.15, 0.2) is 0 Å². The van der Waals surface area contributed by atoms with Crippen molar-refractivity contribution in [1.82, 2.24) is 14.7 Å². The van der Waals surface area contributed by atoms with E-state index in [9.17, 15) is 32.9 Å². The van der Waals surface area contributed by atoms with Crippen molar-refractivity contribution in [2.75, 3.05) is 51.1 Å². The molecular weight excluding hydrogens is 515 g/mol. The van der Waals surface area contributed by atoms with E-state index in [0.29, 0.717) is 57.9 Å². The van der Waals surface area contributed by atoms with E-state index < -0.39 is 22.4 Å². The molecule has 1 aromatic carbocycles. The maximum Gasteiger partial charge on any atom is 0.423 e. The van der Waals surface area contributed by atoms with E-state index in [-0.39, 0.29) is 31.0 Å². The Hall–Kier alpha value is -2.89. The molecule has 1 aromatic rings. The predicted molar refractivity (Wildman–Crippen MR) is 142 cm³/mol. The van der Waals surface area contributed by atoms with Crippen LogP contribution in [0.2, 0.25) is 0 Å². The van der Waals surface area contributed by atoms with Crippen molar-refractivity contribution in [2.45, 2.75) is 71.0 Å². The number of piperidine rings is 1. The Bertz CT molecular complexity index is 1000. The van der Waals surface area contributed by atoms with Crippen molar-refractivity contribution >= 4 is 23.2 Å². The average molecular weight is 556 g/mol. The number of hydrogen-bond donors (Lipinski definition) is 1. The number of carbonyl (C=O) groups excluding carboxylic acids is 2. The van der Waals surface area contributed by atoms with Crippen molar-refractivity contribution in [3.8, 4) is 0 Å². The second kappa shape index (κ2) is 13.5. The lowest BCUT2D eigenvalue weighted by Gasteiger charge is -2.37. The molecule has 0 radical (unpaired) electrons. The fraction of sp³-hybridized carbons (Fsp3) is 0.704. The smallest absolute Gasteiger partial charge is 0.382 e. The molecule has 0 unspecified atom stereocenters. The zero-order chi connectivity index (χ0) is 27.3. The number of carbonyl (C=O) groups is 2. The van der Waals surface area contributed by atoms with Gasteiger partial charge in [0.2, 0.25) is 11.8 Å². The molecule has 12 heteroatoms. The Morgan fingerprint density at radius 2 is 1.59 bits per heavy atom. The van der Waals surface area contributed by atoms with Gasteiger partial charge in [-0.2, -0.15) is 13.2 Å². The SMILES string of the molecule is C.O=C(CCN1CCN(C(=O)C2CCCCC2)CC1)N1CCC(Nc2ccc([N+](=O)[O-])c(C(F)(F)F)c2)CC1. The van der Waals surface area contributed by atoms with E-state index in [1.807, 2.05) is 4.90 Å². The highest BCUT2D eigenvalue weighted by atomic mass is 19.4. The molecule has 3 aliphatic rings. The summed E-state index contributed by atoms with van der Waals surface area (Å²) in [4.78, 5) is 41.4. The van der Waals surface area contributed by atoms with Crippen molar-refractivity contribution in [3.63, 3.8) is 0 Å². The van der Waals surface area contributed by atoms with E-state index in [4.69, 9.17) is 0 Å². The third kappa shape index (κ3) is 8.06. The number of anilines is 1. The van der Waals surface area contributed by atoms with Crippen LogP contribution in [-0.2, 0) is 15.8 Å². The summed E-state index contributed by atoms with van der Waals surface area (Å²) in [5.74, 6) is 0.528. The number of alkyl halides is 3. The van der Waals surface area contributed by atoms with Gasteiger partial charge in [0.1, 0.15) is 5.56 Å². The van der Waals surface area contributed by atoms with Gasteiger partial charge in [-0.1, -0.05) is 26.7 Å². The summed E-state index contributed by atoms with van der Waals surface area (Å²) < 4.78 is 39.7. The lowest BCUT2D eigenvalue weighted by Crippen LogP contribution is -2.51. The van der Waals surface area contributed by atoms with Gasteiger partial charge in [-0.05, 0) is 37.8 Å². The summed E-state index contributed by atoms with van der Waals surface area (Å²) in [5, 5.41) is 14.0. The topological polar surface area (TPSA) is 99.0 Å². The fourth-order valence-electron chi connectivity index (χ4n) is 5.73. The monoisotopic (exact) mass is 555 g/mol. The number of likely N-dealkylation sites (tertiary alicyclic amines) is 1. The molecular formula is C27H40F3N5O4. The minimum absolute atomic E-state index is 0. The number of nitrogens with zero attached hydrogens (tertiary/aromatic N) is 4. The van der Waals surface area contributed by atoms with Gasteiger partial charge >= 0.3 is 6.18 Å². The minimum atomic E-state index is -4.83. The summed E-state index contributed by atoms with van der Waals surface area (Å²) >= 11 is 0. The molecule has 2 heterocycles. The molecule has 1 saturated carbocycles. The van der Waals surface area contributed by atoms with Crippen LogP contribution in [0.5, 0.6) is 0 Å². The van der Waals surface area contributed by atoms with E-state index in [1.165, 1.54) is 12.5 Å². The third-order valence-electron chi connectivity index (χ3n) is 8.00. The summed E-state index contributed by atoms with van der Waals surface area (Å²) in [6.07, 6.45) is 2.23. The molecule has 39 heavy (non-hydrogen) atoms. The van der Waals surface area contributed by atoms with Gasteiger partial charge in [0.25, 0.3) is 5.69 Å². The number of nitro benzene ring substituents is 1. The quantitative estimate of drug-likeness (QED) is 0.385. The van der Waals surface area contributed by atoms with Crippen LogP contribution in [0.4, 0.5) is 24.5 Å². The third-order valence-corrected chi connectivity index (χ3v) is 8.00. The number of rotatable bonds is 7. The van der Waals surface area contributed by atoms with Crippen LogP contribution in [0.15, 0.2) is 18.2 Å². The van der Waals surface area contributed by atoms with E-state index in [1.54, 1.807) is 4.90 Å². The molecule has 0 spiro atoms. The first kappa shape index (κ1) is 30.6. The normalized spacial score (nSPS) is 19.9. The van der Waals surface area contributed by atoms with Crippen LogP contribution < -0.4 is 5.32 Å². The zero-order valence-corrected chi connectivity index (χ0v) is 21.5. The first-order valence-corrected chi connectivity index (χ1v) is 13.5. The van der Waals surface area contributed by atoms with Crippen LogP contribution in [0.3, 0.4) is 0 Å². The van der Waals surface area contributed by atoms with Gasteiger partial charge in [-0.15, -0.1) is 0 Å². The average Bonchev–Trinajstić information content (AvgIpc) is 2.92. The van der Waals surface area contributed by atoms with Crippen LogP contribution in [0, 0.1) is 16.0 Å². The standard InChI is InChI=1S/C26H36F3N5O4.CH4/c27-26(28,29)22-18-21(6-7-23(22)34(37)38)30-20-8-12-32(13-9-20)24(35)10-11-31-14-16-33(17-15-31)25(36)19-4-2-1-3-5-19;/h6-7,18-20,30H,1-5,8-17H2;1H4. The largest absolute Gasteiger partial charge is 0.423 e. The summed E-state index contributed by atoms with van der Waals surface area (Å²) in [6, 6.07) is 2.80. The molecule has 1 aliphatic carbocycles. The van der Waals surface area contributed by atoms with Crippen molar-refractivity contribution in [1.29, 1.82) is 0 Å². The van der Waals surface area contributed by atoms with Gasteiger partial charge < -0.3 is 15.1 Å². The highest BCUT2D eigenvalue weighted by molar-refractivity contribution is 5.79. The van der Waals surface area contributed by atoms with Crippen LogP contribution in [0.25, 0.3) is 0 Å². The highest BCUT2D eigenvalue weighted by Crippen LogP contribution is 2.38. The highest BCUT2D eigenvalue weighted by Gasteiger charge is 2.38. The Labute approximate surface area is 227 Å². The van der Waals surface area contributed by atoms with Gasteiger partial charge in [-0.25, -0.2) is 0 Å². The van der Waals surface area contributed by atoms with E-state index in [0.717, 1.165) is 50.9 Å².